The van der Waals surface area contributed by atoms with Gasteiger partial charge in [-0.15, -0.1) is 5.10 Å². The lowest BCUT2D eigenvalue weighted by molar-refractivity contribution is -0.141. The van der Waals surface area contributed by atoms with Crippen LogP contribution in [0.25, 0.3) is 5.69 Å². The first-order valence-corrected chi connectivity index (χ1v) is 12.8. The Labute approximate surface area is 230 Å². The smallest absolute Gasteiger partial charge is 0.442 e. The molecule has 0 bridgehead atoms. The molecule has 40 heavy (non-hydrogen) atoms. The van der Waals surface area contributed by atoms with E-state index in [0.717, 1.165) is 16.8 Å². The molecule has 2 aromatic rings. The highest BCUT2D eigenvalue weighted by Crippen LogP contribution is 2.23. The Morgan fingerprint density at radius 2 is 1.75 bits per heavy atom. The summed E-state index contributed by atoms with van der Waals surface area (Å²) in [7, 11) is 2.47. The van der Waals surface area contributed by atoms with Gasteiger partial charge >= 0.3 is 11.8 Å². The Balaban J connectivity index is 1.82. The third kappa shape index (κ3) is 6.49. The lowest BCUT2D eigenvalue weighted by atomic mass is 9.98. The van der Waals surface area contributed by atoms with Crippen molar-refractivity contribution in [1.82, 2.24) is 25.3 Å². The number of carbonyl (C=O) groups is 4. The first-order chi connectivity index (χ1) is 18.9. The zero-order valence-corrected chi connectivity index (χ0v) is 23.2. The minimum absolute atomic E-state index is 0.00417. The SMILES string of the molecule is COC(=O)N[C@H](C(=O)N1CCC[C@H]1C(=O)N[C@H](C(=O)c1nn(-c2ccc(F)cc2OC)c(=O)o1)C(C)C)C(C)C. The fourth-order valence-corrected chi connectivity index (χ4v) is 4.45. The van der Waals surface area contributed by atoms with Crippen LogP contribution in [0.3, 0.4) is 0 Å². The number of nitrogens with one attached hydrogen (secondary N) is 2. The third-order valence-electron chi connectivity index (χ3n) is 6.61. The van der Waals surface area contributed by atoms with E-state index in [1.807, 2.05) is 0 Å². The summed E-state index contributed by atoms with van der Waals surface area (Å²) >= 11 is 0. The third-order valence-corrected chi connectivity index (χ3v) is 6.61. The van der Waals surface area contributed by atoms with Gasteiger partial charge < -0.3 is 29.4 Å². The van der Waals surface area contributed by atoms with Gasteiger partial charge in [-0.3, -0.25) is 14.4 Å². The van der Waals surface area contributed by atoms with E-state index in [-0.39, 0.29) is 17.4 Å². The maximum absolute atomic E-state index is 13.6. The molecule has 1 aliphatic heterocycles. The van der Waals surface area contributed by atoms with Crippen LogP contribution in [0.2, 0.25) is 0 Å². The fraction of sp³-hybridized carbons (Fsp3) is 0.538. The number of Topliss-reactive ketones (excluding diaryl/α,β-unsaturated/α-hetero) is 1. The molecule has 13 nitrogen and oxygen atoms in total. The molecule has 1 fully saturated rings. The number of nitrogens with zero attached hydrogens (tertiary/aromatic N) is 3. The second-order valence-electron chi connectivity index (χ2n) is 10.0. The number of halogens is 1. The van der Waals surface area contributed by atoms with Crippen molar-refractivity contribution in [1.29, 1.82) is 0 Å². The molecule has 0 spiro atoms. The lowest BCUT2D eigenvalue weighted by Crippen LogP contribution is -2.57. The van der Waals surface area contributed by atoms with Crippen molar-refractivity contribution in [2.24, 2.45) is 11.8 Å². The van der Waals surface area contributed by atoms with Crippen molar-refractivity contribution < 1.29 is 37.5 Å². The number of likely N-dealkylation sites (tertiary alicyclic amines) is 1. The van der Waals surface area contributed by atoms with E-state index in [1.54, 1.807) is 27.7 Å². The summed E-state index contributed by atoms with van der Waals surface area (Å²) in [5, 5.41) is 9.16. The minimum atomic E-state index is -1.14. The summed E-state index contributed by atoms with van der Waals surface area (Å²) in [6.07, 6.45) is 0.136. The van der Waals surface area contributed by atoms with Gasteiger partial charge in [0, 0.05) is 12.6 Å². The van der Waals surface area contributed by atoms with Crippen LogP contribution in [0.15, 0.2) is 27.4 Å². The number of aromatic nitrogens is 2. The first kappa shape index (κ1) is 30.3. The Bertz CT molecular complexity index is 1320. The zero-order chi connectivity index (χ0) is 29.7. The highest BCUT2D eigenvalue weighted by molar-refractivity contribution is 6.00. The molecule has 0 radical (unpaired) electrons. The van der Waals surface area contributed by atoms with Gasteiger partial charge in [-0.1, -0.05) is 27.7 Å². The Morgan fingerprint density at radius 1 is 1.07 bits per heavy atom. The first-order valence-electron chi connectivity index (χ1n) is 12.8. The van der Waals surface area contributed by atoms with Gasteiger partial charge in [-0.05, 0) is 36.8 Å². The van der Waals surface area contributed by atoms with E-state index < -0.39 is 65.2 Å². The van der Waals surface area contributed by atoms with Crippen LogP contribution in [-0.4, -0.2) is 77.3 Å². The van der Waals surface area contributed by atoms with Gasteiger partial charge in [-0.25, -0.2) is 14.0 Å². The second kappa shape index (κ2) is 12.7. The Morgan fingerprint density at radius 3 is 2.35 bits per heavy atom. The number of hydrogen-bond donors (Lipinski definition) is 2. The van der Waals surface area contributed by atoms with E-state index in [9.17, 15) is 28.4 Å². The second-order valence-corrected chi connectivity index (χ2v) is 10.0. The van der Waals surface area contributed by atoms with Crippen LogP contribution in [0.1, 0.15) is 51.2 Å². The van der Waals surface area contributed by atoms with Crippen LogP contribution < -0.4 is 21.1 Å². The van der Waals surface area contributed by atoms with Crippen LogP contribution in [0, 0.1) is 17.7 Å². The van der Waals surface area contributed by atoms with Crippen LogP contribution in [0.4, 0.5) is 9.18 Å². The molecule has 0 aliphatic carbocycles. The number of ketones is 1. The largest absolute Gasteiger partial charge is 0.494 e. The number of carbonyl (C=O) groups excluding carboxylic acids is 4. The molecule has 3 atom stereocenters. The van der Waals surface area contributed by atoms with E-state index in [1.165, 1.54) is 25.2 Å². The fourth-order valence-electron chi connectivity index (χ4n) is 4.45. The maximum Gasteiger partial charge on any atom is 0.442 e. The van der Waals surface area contributed by atoms with Gasteiger partial charge in [-0.2, -0.15) is 4.68 Å². The molecule has 2 heterocycles. The lowest BCUT2D eigenvalue weighted by Gasteiger charge is -2.31. The monoisotopic (exact) mass is 563 g/mol. The normalized spacial score (nSPS) is 16.5. The van der Waals surface area contributed by atoms with E-state index in [4.69, 9.17) is 9.15 Å². The average Bonchev–Trinajstić information content (AvgIpc) is 3.56. The van der Waals surface area contributed by atoms with E-state index in [0.29, 0.717) is 19.4 Å². The summed E-state index contributed by atoms with van der Waals surface area (Å²) in [6, 6.07) is 0.464. The topological polar surface area (TPSA) is 162 Å². The molecule has 1 aromatic heterocycles. The average molecular weight is 564 g/mol. The standard InChI is InChI=1S/C26H34FN5O8/c1-13(2)19(21(33)23-30-32(26(37)40-23)16-10-9-15(27)12-18(16)38-5)28-22(34)17-8-7-11-31(17)24(35)20(14(3)4)29-25(36)39-6/h9-10,12-14,17,19-20H,7-8,11H2,1-6H3,(H,28,34)(H,29,36)/t17-,19-,20-/m0/s1. The zero-order valence-electron chi connectivity index (χ0n) is 23.2. The number of methoxy groups -OCH3 is 2. The number of hydrogen-bond acceptors (Lipinski definition) is 9. The molecule has 1 aromatic carbocycles. The predicted octanol–water partition coefficient (Wildman–Crippen LogP) is 1.67. The summed E-state index contributed by atoms with van der Waals surface area (Å²) in [6.45, 7) is 7.18. The molecule has 0 unspecified atom stereocenters. The molecule has 14 heteroatoms. The molecule has 1 saturated heterocycles. The summed E-state index contributed by atoms with van der Waals surface area (Å²) in [5.41, 5.74) is 0.0576. The van der Waals surface area contributed by atoms with Crippen molar-refractivity contribution in [3.8, 4) is 11.4 Å². The highest BCUT2D eigenvalue weighted by Gasteiger charge is 2.40. The summed E-state index contributed by atoms with van der Waals surface area (Å²) in [4.78, 5) is 65.7. The molecule has 218 valence electrons. The molecule has 2 N–H and O–H groups in total. The molecular weight excluding hydrogens is 529 g/mol. The van der Waals surface area contributed by atoms with Crippen molar-refractivity contribution in [3.63, 3.8) is 0 Å². The molecular formula is C26H34FN5O8. The van der Waals surface area contributed by atoms with Gasteiger partial charge in [0.25, 0.3) is 5.89 Å². The van der Waals surface area contributed by atoms with E-state index in [2.05, 4.69) is 20.5 Å². The number of amides is 3. The van der Waals surface area contributed by atoms with Crippen molar-refractivity contribution >= 4 is 23.7 Å². The number of benzene rings is 1. The van der Waals surface area contributed by atoms with Gasteiger partial charge in [0.05, 0.1) is 20.3 Å². The number of ether oxygens (including phenoxy) is 2. The van der Waals surface area contributed by atoms with E-state index >= 15 is 0 Å². The van der Waals surface area contributed by atoms with Crippen molar-refractivity contribution in [2.75, 3.05) is 20.8 Å². The van der Waals surface area contributed by atoms with Gasteiger partial charge in [0.15, 0.2) is 0 Å². The Kier molecular flexibility index (Phi) is 9.66. The molecule has 3 rings (SSSR count). The van der Waals surface area contributed by atoms with Crippen LogP contribution >= 0.6 is 0 Å². The van der Waals surface area contributed by atoms with Crippen molar-refractivity contribution in [2.45, 2.75) is 58.7 Å². The van der Waals surface area contributed by atoms with Gasteiger partial charge in [0.1, 0.15) is 29.3 Å². The number of alkyl carbamates (subject to hydrolysis) is 1. The predicted molar refractivity (Wildman–Crippen MR) is 139 cm³/mol. The molecule has 1 aliphatic rings. The number of rotatable bonds is 10. The minimum Gasteiger partial charge on any atom is -0.494 e. The van der Waals surface area contributed by atoms with Crippen LogP contribution in [-0.2, 0) is 14.3 Å². The quantitative estimate of drug-likeness (QED) is 0.410. The Hall–Kier alpha value is -4.23. The molecule has 0 saturated carbocycles. The summed E-state index contributed by atoms with van der Waals surface area (Å²) < 4.78 is 29.2. The molecule has 3 amide bonds. The highest BCUT2D eigenvalue weighted by atomic mass is 19.1. The van der Waals surface area contributed by atoms with Crippen molar-refractivity contribution in [3.05, 3.63) is 40.5 Å². The maximum atomic E-state index is 13.6. The van der Waals surface area contributed by atoms with Gasteiger partial charge in [0.2, 0.25) is 17.6 Å². The van der Waals surface area contributed by atoms with Crippen LogP contribution in [0.5, 0.6) is 5.75 Å². The summed E-state index contributed by atoms with van der Waals surface area (Å²) in [5.74, 6) is -4.66.